The predicted octanol–water partition coefficient (Wildman–Crippen LogP) is 5.37. The highest BCUT2D eigenvalue weighted by molar-refractivity contribution is 7.14. The Bertz CT molecular complexity index is 1060. The number of halogens is 1. The van der Waals surface area contributed by atoms with Crippen LogP contribution in [0.2, 0.25) is 5.02 Å². The Morgan fingerprint density at radius 1 is 1.04 bits per heavy atom. The van der Waals surface area contributed by atoms with Crippen molar-refractivity contribution < 1.29 is 0 Å². The molecule has 1 aromatic carbocycles. The number of nitrogens with zero attached hydrogens (tertiary/aromatic N) is 3. The number of thiazole rings is 1. The van der Waals surface area contributed by atoms with E-state index in [0.717, 1.165) is 26.8 Å². The van der Waals surface area contributed by atoms with Crippen molar-refractivity contribution in [3.05, 3.63) is 81.0 Å². The van der Waals surface area contributed by atoms with Gasteiger partial charge in [-0.05, 0) is 35.7 Å². The Hall–Kier alpha value is -2.41. The second-order valence-electron chi connectivity index (χ2n) is 5.13. The molecular weight excluding hydrogens is 372 g/mol. The van der Waals surface area contributed by atoms with Gasteiger partial charge in [0, 0.05) is 11.6 Å². The van der Waals surface area contributed by atoms with Crippen molar-refractivity contribution in [3.63, 3.8) is 0 Å². The van der Waals surface area contributed by atoms with Gasteiger partial charge in [-0.15, -0.1) is 22.7 Å². The summed E-state index contributed by atoms with van der Waals surface area (Å²) in [6.45, 7) is 0. The van der Waals surface area contributed by atoms with Gasteiger partial charge in [-0.1, -0.05) is 29.8 Å². The number of H-pyrrole nitrogens is 1. The number of thiophene rings is 1. The van der Waals surface area contributed by atoms with Gasteiger partial charge in [0.1, 0.15) is 0 Å². The van der Waals surface area contributed by atoms with Gasteiger partial charge in [0.2, 0.25) is 4.80 Å². The second-order valence-corrected chi connectivity index (χ2v) is 7.32. The summed E-state index contributed by atoms with van der Waals surface area (Å²) in [6, 6.07) is 15.6. The minimum atomic E-state index is 0.619. The lowest BCUT2D eigenvalue weighted by molar-refractivity contribution is 0.856. The van der Waals surface area contributed by atoms with E-state index in [9.17, 15) is 0 Å². The smallest absolute Gasteiger partial charge is 0.211 e. The van der Waals surface area contributed by atoms with Gasteiger partial charge >= 0.3 is 0 Å². The van der Waals surface area contributed by atoms with E-state index in [-0.39, 0.29) is 0 Å². The molecule has 0 unspecified atom stereocenters. The quantitative estimate of drug-likeness (QED) is 0.459. The molecule has 0 saturated heterocycles. The fraction of sp³-hybridized carbons (Fsp3) is 0. The average molecular weight is 385 g/mol. The Morgan fingerprint density at radius 2 is 1.96 bits per heavy atom. The van der Waals surface area contributed by atoms with E-state index < -0.39 is 0 Å². The monoisotopic (exact) mass is 384 g/mol. The standard InChI is InChI=1S/C18H13ClN4S2/c19-14-6-1-2-7-15(14)22-18-23(21-11-13-5-3-9-20-13)16(12-25-18)17-8-4-10-24-17/h1-12,20H. The molecule has 124 valence electrons. The van der Waals surface area contributed by atoms with Crippen LogP contribution in [-0.4, -0.2) is 15.9 Å². The van der Waals surface area contributed by atoms with Crippen molar-refractivity contribution in [1.82, 2.24) is 9.66 Å². The Kier molecular flexibility index (Phi) is 4.65. The molecule has 4 nitrogen and oxygen atoms in total. The molecule has 0 aliphatic heterocycles. The largest absolute Gasteiger partial charge is 0.360 e. The number of aromatic amines is 1. The van der Waals surface area contributed by atoms with E-state index in [1.165, 1.54) is 11.3 Å². The molecule has 0 fully saturated rings. The summed E-state index contributed by atoms with van der Waals surface area (Å²) in [5.41, 5.74) is 2.67. The maximum Gasteiger partial charge on any atom is 0.211 e. The summed E-state index contributed by atoms with van der Waals surface area (Å²) in [5, 5.41) is 9.37. The van der Waals surface area contributed by atoms with Crippen LogP contribution in [0, 0.1) is 0 Å². The van der Waals surface area contributed by atoms with Crippen molar-refractivity contribution in [2.24, 2.45) is 10.1 Å². The summed E-state index contributed by atoms with van der Waals surface area (Å²) < 4.78 is 1.85. The molecule has 3 heterocycles. The second kappa shape index (κ2) is 7.23. The Labute approximate surface area is 157 Å². The summed E-state index contributed by atoms with van der Waals surface area (Å²) in [7, 11) is 0. The number of aromatic nitrogens is 2. The number of benzene rings is 1. The predicted molar refractivity (Wildman–Crippen MR) is 106 cm³/mol. The van der Waals surface area contributed by atoms with Crippen LogP contribution in [0.5, 0.6) is 0 Å². The van der Waals surface area contributed by atoms with Crippen LogP contribution < -0.4 is 4.80 Å². The first kappa shape index (κ1) is 16.1. The van der Waals surface area contributed by atoms with E-state index in [4.69, 9.17) is 16.6 Å². The first-order valence-corrected chi connectivity index (χ1v) is 9.66. The number of hydrogen-bond donors (Lipinski definition) is 1. The fourth-order valence-electron chi connectivity index (χ4n) is 2.27. The van der Waals surface area contributed by atoms with Gasteiger partial charge < -0.3 is 4.98 Å². The first-order chi connectivity index (χ1) is 12.3. The molecule has 0 spiro atoms. The molecule has 0 saturated carbocycles. The van der Waals surface area contributed by atoms with Crippen molar-refractivity contribution >= 4 is 46.2 Å². The van der Waals surface area contributed by atoms with Crippen molar-refractivity contribution in [2.45, 2.75) is 0 Å². The summed E-state index contributed by atoms with van der Waals surface area (Å²) in [5.74, 6) is 0. The molecule has 3 aromatic heterocycles. The number of hydrogen-bond acceptors (Lipinski definition) is 4. The normalized spacial score (nSPS) is 12.3. The molecular formula is C18H13ClN4S2. The zero-order valence-electron chi connectivity index (χ0n) is 13.0. The lowest BCUT2D eigenvalue weighted by Gasteiger charge is -2.01. The van der Waals surface area contributed by atoms with Gasteiger partial charge in [0.15, 0.2) is 0 Å². The van der Waals surface area contributed by atoms with Gasteiger partial charge in [-0.2, -0.15) is 5.10 Å². The molecule has 25 heavy (non-hydrogen) atoms. The van der Waals surface area contributed by atoms with Crippen LogP contribution in [0.25, 0.3) is 10.6 Å². The van der Waals surface area contributed by atoms with Crippen molar-refractivity contribution in [1.29, 1.82) is 0 Å². The molecule has 0 atom stereocenters. The Balaban J connectivity index is 1.86. The highest BCUT2D eigenvalue weighted by atomic mass is 35.5. The fourth-order valence-corrected chi connectivity index (χ4v) is 4.09. The minimum absolute atomic E-state index is 0.619. The number of para-hydroxylation sites is 1. The van der Waals surface area contributed by atoms with Gasteiger partial charge in [-0.25, -0.2) is 9.67 Å². The minimum Gasteiger partial charge on any atom is -0.360 e. The summed E-state index contributed by atoms with van der Waals surface area (Å²) in [4.78, 5) is 9.73. The first-order valence-electron chi connectivity index (χ1n) is 7.53. The van der Waals surface area contributed by atoms with E-state index in [1.807, 2.05) is 53.3 Å². The number of rotatable bonds is 4. The molecule has 4 rings (SSSR count). The third kappa shape index (κ3) is 3.51. The Morgan fingerprint density at radius 3 is 2.72 bits per heavy atom. The summed E-state index contributed by atoms with van der Waals surface area (Å²) in [6.07, 6.45) is 3.66. The van der Waals surface area contributed by atoms with Gasteiger partial charge in [0.05, 0.1) is 33.2 Å². The summed E-state index contributed by atoms with van der Waals surface area (Å²) >= 11 is 9.46. The van der Waals surface area contributed by atoms with Gasteiger partial charge in [-0.3, -0.25) is 0 Å². The zero-order valence-corrected chi connectivity index (χ0v) is 15.4. The lowest BCUT2D eigenvalue weighted by Crippen LogP contribution is -2.11. The van der Waals surface area contributed by atoms with E-state index in [2.05, 4.69) is 26.9 Å². The molecule has 1 N–H and O–H groups in total. The SMILES string of the molecule is Clc1ccccc1N=c1scc(-c2cccs2)n1N=Cc1ccc[nH]1. The molecule has 0 amide bonds. The van der Waals surface area contributed by atoms with Crippen molar-refractivity contribution in [2.75, 3.05) is 0 Å². The molecule has 0 bridgehead atoms. The molecule has 7 heteroatoms. The zero-order chi connectivity index (χ0) is 17.1. The molecule has 0 aliphatic carbocycles. The maximum atomic E-state index is 6.25. The highest BCUT2D eigenvalue weighted by Gasteiger charge is 2.09. The van der Waals surface area contributed by atoms with Crippen LogP contribution in [0.1, 0.15) is 5.69 Å². The topological polar surface area (TPSA) is 45.4 Å². The van der Waals surface area contributed by atoms with Crippen LogP contribution >= 0.6 is 34.3 Å². The third-order valence-electron chi connectivity index (χ3n) is 3.46. The van der Waals surface area contributed by atoms with Crippen LogP contribution in [-0.2, 0) is 0 Å². The van der Waals surface area contributed by atoms with Gasteiger partial charge in [0.25, 0.3) is 0 Å². The highest BCUT2D eigenvalue weighted by Crippen LogP contribution is 2.27. The van der Waals surface area contributed by atoms with Crippen LogP contribution in [0.15, 0.2) is 75.6 Å². The maximum absolute atomic E-state index is 6.25. The van der Waals surface area contributed by atoms with E-state index >= 15 is 0 Å². The van der Waals surface area contributed by atoms with Crippen molar-refractivity contribution in [3.8, 4) is 10.6 Å². The van der Waals surface area contributed by atoms with E-state index in [0.29, 0.717) is 5.02 Å². The van der Waals surface area contributed by atoms with Crippen LogP contribution in [0.3, 0.4) is 0 Å². The van der Waals surface area contributed by atoms with E-state index in [1.54, 1.807) is 17.6 Å². The molecule has 0 aliphatic rings. The average Bonchev–Trinajstić information content (AvgIpc) is 3.37. The van der Waals surface area contributed by atoms with Crippen LogP contribution in [0.4, 0.5) is 5.69 Å². The molecule has 0 radical (unpaired) electrons. The lowest BCUT2D eigenvalue weighted by atomic mass is 10.3. The third-order valence-corrected chi connectivity index (χ3v) is 5.49. The number of nitrogens with one attached hydrogen (secondary N) is 1. The molecule has 4 aromatic rings.